The van der Waals surface area contributed by atoms with Gasteiger partial charge in [0.15, 0.2) is 4.91 Å². The SMILES string of the molecule is N#C/C(=C\c1ccc(-c2ccc([N+](=O)[O-])cc2Br)o1)S(=O)(=O)c1ccc(Cl)cc1. The zero-order valence-corrected chi connectivity index (χ0v) is 17.5. The first-order chi connectivity index (χ1) is 13.7. The Hall–Kier alpha value is -2.93. The Kier molecular flexibility index (Phi) is 5.88. The third kappa shape index (κ3) is 4.40. The lowest BCUT2D eigenvalue weighted by molar-refractivity contribution is -0.384. The van der Waals surface area contributed by atoms with E-state index < -0.39 is 19.7 Å². The topological polar surface area (TPSA) is 114 Å². The van der Waals surface area contributed by atoms with E-state index in [1.165, 1.54) is 48.5 Å². The van der Waals surface area contributed by atoms with Crippen molar-refractivity contribution < 1.29 is 17.8 Å². The van der Waals surface area contributed by atoms with E-state index in [1.807, 2.05) is 0 Å². The molecule has 146 valence electrons. The molecule has 0 fully saturated rings. The molecule has 29 heavy (non-hydrogen) atoms. The second-order valence-electron chi connectivity index (χ2n) is 5.70. The summed E-state index contributed by atoms with van der Waals surface area (Å²) >= 11 is 9.03. The number of hydrogen-bond acceptors (Lipinski definition) is 6. The summed E-state index contributed by atoms with van der Waals surface area (Å²) < 4.78 is 31.4. The highest BCUT2D eigenvalue weighted by Crippen LogP contribution is 2.33. The van der Waals surface area contributed by atoms with Crippen LogP contribution < -0.4 is 0 Å². The molecule has 7 nitrogen and oxygen atoms in total. The van der Waals surface area contributed by atoms with Gasteiger partial charge in [0, 0.05) is 33.3 Å². The Morgan fingerprint density at radius 2 is 1.86 bits per heavy atom. The predicted molar refractivity (Wildman–Crippen MR) is 111 cm³/mol. The highest BCUT2D eigenvalue weighted by molar-refractivity contribution is 9.10. The van der Waals surface area contributed by atoms with Crippen LogP contribution in [-0.4, -0.2) is 13.3 Å². The Labute approximate surface area is 179 Å². The Morgan fingerprint density at radius 3 is 2.45 bits per heavy atom. The van der Waals surface area contributed by atoms with Crippen LogP contribution >= 0.6 is 27.5 Å². The standard InChI is InChI=1S/C19H10BrClN2O5S/c20-18-9-13(23(24)25)3-7-17(18)19-8-4-14(28-19)10-16(11-22)29(26,27)15-5-1-12(21)2-6-15/h1-10H/b16-10+. The molecule has 0 spiro atoms. The molecule has 1 heterocycles. The molecule has 0 aliphatic heterocycles. The predicted octanol–water partition coefficient (Wildman–Crippen LogP) is 5.61. The van der Waals surface area contributed by atoms with Crippen LogP contribution in [0.5, 0.6) is 0 Å². The number of nitrogens with zero attached hydrogens (tertiary/aromatic N) is 2. The fourth-order valence-electron chi connectivity index (χ4n) is 2.43. The van der Waals surface area contributed by atoms with Crippen molar-refractivity contribution in [3.05, 3.63) is 84.9 Å². The molecule has 3 aromatic rings. The Morgan fingerprint density at radius 1 is 1.17 bits per heavy atom. The number of nitro groups is 1. The third-order valence-corrected chi connectivity index (χ3v) is 6.44. The number of nitriles is 1. The van der Waals surface area contributed by atoms with E-state index in [9.17, 15) is 23.8 Å². The molecule has 0 aliphatic carbocycles. The van der Waals surface area contributed by atoms with Gasteiger partial charge in [-0.3, -0.25) is 10.1 Å². The Balaban J connectivity index is 1.97. The van der Waals surface area contributed by atoms with Gasteiger partial charge in [-0.1, -0.05) is 11.6 Å². The number of hydrogen-bond donors (Lipinski definition) is 0. The van der Waals surface area contributed by atoms with Crippen LogP contribution in [0.2, 0.25) is 5.02 Å². The highest BCUT2D eigenvalue weighted by Gasteiger charge is 2.21. The van der Waals surface area contributed by atoms with Crippen molar-refractivity contribution in [2.75, 3.05) is 0 Å². The van der Waals surface area contributed by atoms with Gasteiger partial charge in [0.2, 0.25) is 9.84 Å². The maximum atomic E-state index is 12.7. The summed E-state index contributed by atoms with van der Waals surface area (Å²) in [6, 6.07) is 14.4. The highest BCUT2D eigenvalue weighted by atomic mass is 79.9. The lowest BCUT2D eigenvalue weighted by atomic mass is 10.1. The molecule has 0 bridgehead atoms. The molecule has 0 unspecified atom stereocenters. The van der Waals surface area contributed by atoms with Gasteiger partial charge >= 0.3 is 0 Å². The van der Waals surface area contributed by atoms with Crippen molar-refractivity contribution in [3.63, 3.8) is 0 Å². The molecule has 10 heteroatoms. The van der Waals surface area contributed by atoms with Crippen molar-refractivity contribution in [1.82, 2.24) is 0 Å². The van der Waals surface area contributed by atoms with Crippen molar-refractivity contribution in [3.8, 4) is 17.4 Å². The zero-order valence-electron chi connectivity index (χ0n) is 14.4. The number of allylic oxidation sites excluding steroid dienone is 1. The largest absolute Gasteiger partial charge is 0.457 e. The molecule has 1 aromatic heterocycles. The van der Waals surface area contributed by atoms with Gasteiger partial charge in [0.1, 0.15) is 17.6 Å². The minimum absolute atomic E-state index is 0.0698. The van der Waals surface area contributed by atoms with Crippen molar-refractivity contribution in [2.24, 2.45) is 0 Å². The second-order valence-corrected chi connectivity index (χ2v) is 8.91. The molecule has 0 saturated heterocycles. The number of halogens is 2. The third-order valence-electron chi connectivity index (χ3n) is 3.85. The first-order valence-corrected chi connectivity index (χ1v) is 10.5. The second kappa shape index (κ2) is 8.21. The normalized spacial score (nSPS) is 11.8. The van der Waals surface area contributed by atoms with Crippen LogP contribution in [0.4, 0.5) is 5.69 Å². The smallest absolute Gasteiger partial charge is 0.270 e. The number of benzene rings is 2. The van der Waals surface area contributed by atoms with Gasteiger partial charge < -0.3 is 4.42 Å². The maximum Gasteiger partial charge on any atom is 0.270 e. The van der Waals surface area contributed by atoms with Gasteiger partial charge in [0.05, 0.1) is 9.82 Å². The fraction of sp³-hybridized carbons (Fsp3) is 0. The van der Waals surface area contributed by atoms with E-state index in [1.54, 1.807) is 12.1 Å². The van der Waals surface area contributed by atoms with E-state index in [2.05, 4.69) is 15.9 Å². The maximum absolute atomic E-state index is 12.7. The molecular formula is C19H10BrClN2O5S. The average Bonchev–Trinajstić information content (AvgIpc) is 3.14. The molecule has 0 radical (unpaired) electrons. The summed E-state index contributed by atoms with van der Waals surface area (Å²) in [5.74, 6) is 0.485. The molecule has 0 atom stereocenters. The summed E-state index contributed by atoms with van der Waals surface area (Å²) in [5.41, 5.74) is 0.447. The van der Waals surface area contributed by atoms with Gasteiger partial charge in [-0.2, -0.15) is 5.26 Å². The quantitative estimate of drug-likeness (QED) is 0.259. The number of non-ortho nitro benzene ring substituents is 1. The van der Waals surface area contributed by atoms with Crippen LogP contribution in [0.1, 0.15) is 5.76 Å². The number of furan rings is 1. The Bertz CT molecular complexity index is 1270. The monoisotopic (exact) mass is 492 g/mol. The minimum atomic E-state index is -4.05. The summed E-state index contributed by atoms with van der Waals surface area (Å²) in [5, 5.41) is 20.6. The van der Waals surface area contributed by atoms with Gasteiger partial charge in [-0.15, -0.1) is 0 Å². The first kappa shape index (κ1) is 20.8. The summed E-state index contributed by atoms with van der Waals surface area (Å²) in [4.78, 5) is 9.76. The van der Waals surface area contributed by atoms with Crippen LogP contribution in [0.15, 0.2) is 73.3 Å². The van der Waals surface area contributed by atoms with Crippen LogP contribution in [0.25, 0.3) is 17.4 Å². The van der Waals surface area contributed by atoms with Crippen molar-refractivity contribution >= 4 is 49.1 Å². The lowest BCUT2D eigenvalue weighted by Crippen LogP contribution is -2.03. The van der Waals surface area contributed by atoms with Crippen LogP contribution in [-0.2, 0) is 9.84 Å². The molecule has 0 aliphatic rings. The average molecular weight is 494 g/mol. The summed E-state index contributed by atoms with van der Waals surface area (Å²) in [6.45, 7) is 0. The minimum Gasteiger partial charge on any atom is -0.457 e. The zero-order chi connectivity index (χ0) is 21.2. The van der Waals surface area contributed by atoms with E-state index in [-0.39, 0.29) is 16.3 Å². The van der Waals surface area contributed by atoms with Crippen LogP contribution in [0.3, 0.4) is 0 Å². The molecule has 2 aromatic carbocycles. The molecular weight excluding hydrogens is 484 g/mol. The van der Waals surface area contributed by atoms with E-state index in [4.69, 9.17) is 16.0 Å². The summed E-state index contributed by atoms with van der Waals surface area (Å²) in [6.07, 6.45) is 1.12. The number of nitro benzene ring substituents is 1. The van der Waals surface area contributed by atoms with Gasteiger partial charge in [0.25, 0.3) is 5.69 Å². The molecule has 3 rings (SSSR count). The number of sulfone groups is 1. The molecule has 0 N–H and O–H groups in total. The van der Waals surface area contributed by atoms with Crippen molar-refractivity contribution in [1.29, 1.82) is 5.26 Å². The lowest BCUT2D eigenvalue weighted by Gasteiger charge is -2.03. The fourth-order valence-corrected chi connectivity index (χ4v) is 4.26. The molecule has 0 saturated carbocycles. The van der Waals surface area contributed by atoms with Gasteiger partial charge in [-0.25, -0.2) is 8.42 Å². The van der Waals surface area contributed by atoms with E-state index in [0.29, 0.717) is 20.8 Å². The van der Waals surface area contributed by atoms with E-state index in [0.717, 1.165) is 6.08 Å². The summed E-state index contributed by atoms with van der Waals surface area (Å²) in [7, 11) is -4.05. The first-order valence-electron chi connectivity index (χ1n) is 7.89. The van der Waals surface area contributed by atoms with E-state index >= 15 is 0 Å². The number of rotatable bonds is 5. The van der Waals surface area contributed by atoms with Crippen LogP contribution in [0, 0.1) is 21.4 Å². The van der Waals surface area contributed by atoms with Crippen molar-refractivity contribution in [2.45, 2.75) is 4.90 Å². The molecule has 0 amide bonds. The van der Waals surface area contributed by atoms with Gasteiger partial charge in [-0.05, 0) is 58.4 Å².